The molecule has 0 aromatic heterocycles. The molecule has 0 radical (unpaired) electrons. The van der Waals surface area contributed by atoms with E-state index in [1.54, 1.807) is 19.1 Å². The van der Waals surface area contributed by atoms with Crippen LogP contribution < -0.4 is 9.62 Å². The fourth-order valence-electron chi connectivity index (χ4n) is 3.61. The molecule has 0 spiro atoms. The Labute approximate surface area is 224 Å². The first-order chi connectivity index (χ1) is 16.6. The van der Waals surface area contributed by atoms with Crippen LogP contribution in [0.5, 0.6) is 0 Å². The Kier molecular flexibility index (Phi) is 10.1. The summed E-state index contributed by atoms with van der Waals surface area (Å²) in [5.74, 6) is -0.493. The van der Waals surface area contributed by atoms with Crippen molar-refractivity contribution in [1.29, 1.82) is 0 Å². The maximum Gasteiger partial charge on any atom is 0.244 e. The zero-order chi connectivity index (χ0) is 27.3. The molecule has 0 aliphatic rings. The van der Waals surface area contributed by atoms with Crippen molar-refractivity contribution in [3.63, 3.8) is 0 Å². The molecule has 0 unspecified atom stereocenters. The van der Waals surface area contributed by atoms with Gasteiger partial charge in [0.25, 0.3) is 0 Å². The largest absolute Gasteiger partial charge is 0.354 e. The van der Waals surface area contributed by atoms with Crippen molar-refractivity contribution in [2.45, 2.75) is 59.5 Å². The van der Waals surface area contributed by atoms with Gasteiger partial charge < -0.3 is 10.2 Å². The van der Waals surface area contributed by atoms with Crippen molar-refractivity contribution in [2.24, 2.45) is 5.92 Å². The van der Waals surface area contributed by atoms with Crippen molar-refractivity contribution in [3.8, 4) is 0 Å². The van der Waals surface area contributed by atoms with Crippen molar-refractivity contribution in [1.82, 2.24) is 10.2 Å². The lowest BCUT2D eigenvalue weighted by atomic mass is 9.87. The van der Waals surface area contributed by atoms with Crippen LogP contribution in [0.3, 0.4) is 0 Å². The van der Waals surface area contributed by atoms with Gasteiger partial charge in [0.2, 0.25) is 21.8 Å². The van der Waals surface area contributed by atoms with E-state index in [2.05, 4.69) is 42.0 Å². The van der Waals surface area contributed by atoms with Gasteiger partial charge in [0.1, 0.15) is 12.6 Å². The summed E-state index contributed by atoms with van der Waals surface area (Å²) in [6, 6.07) is 13.9. The Morgan fingerprint density at radius 3 is 2.14 bits per heavy atom. The number of anilines is 1. The molecular formula is C27H38BrN3O4S. The fourth-order valence-corrected chi connectivity index (χ4v) is 4.90. The molecule has 0 bridgehead atoms. The summed E-state index contributed by atoms with van der Waals surface area (Å²) in [4.78, 5) is 27.9. The third kappa shape index (κ3) is 8.62. The topological polar surface area (TPSA) is 86.8 Å². The monoisotopic (exact) mass is 579 g/mol. The molecule has 0 saturated carbocycles. The lowest BCUT2D eigenvalue weighted by Crippen LogP contribution is -2.51. The molecule has 1 N–H and O–H groups in total. The van der Waals surface area contributed by atoms with Gasteiger partial charge in [0, 0.05) is 17.6 Å². The highest BCUT2D eigenvalue weighted by Crippen LogP contribution is 2.26. The van der Waals surface area contributed by atoms with E-state index in [9.17, 15) is 18.0 Å². The summed E-state index contributed by atoms with van der Waals surface area (Å²) in [5, 5.41) is 2.88. The lowest BCUT2D eigenvalue weighted by molar-refractivity contribution is -0.139. The summed E-state index contributed by atoms with van der Waals surface area (Å²) in [6.07, 6.45) is 1.08. The molecule has 0 saturated heterocycles. The molecule has 36 heavy (non-hydrogen) atoms. The SMILES string of the molecule is CC(C)CNC(=O)[C@@H](C)N(Cc1cccc(Br)c1)C(=O)CN(c1ccc(C(C)(C)C)cc1)S(C)(=O)=O. The standard InChI is InChI=1S/C27H38BrN3O4S/c1-19(2)16-29-26(33)20(3)30(17-21-9-8-10-23(28)15-21)25(32)18-31(36(7,34)35)24-13-11-22(12-14-24)27(4,5)6/h8-15,19-20H,16-18H2,1-7H3,(H,29,33)/t20-/m1/s1. The molecule has 2 amide bonds. The number of carbonyl (C=O) groups excluding carboxylic acids is 2. The van der Waals surface area contributed by atoms with Gasteiger partial charge in [-0.15, -0.1) is 0 Å². The van der Waals surface area contributed by atoms with E-state index in [1.165, 1.54) is 4.90 Å². The summed E-state index contributed by atoms with van der Waals surface area (Å²) in [6.45, 7) is 12.1. The van der Waals surface area contributed by atoms with Gasteiger partial charge in [-0.3, -0.25) is 13.9 Å². The number of sulfonamides is 1. The number of hydrogen-bond donors (Lipinski definition) is 1. The van der Waals surface area contributed by atoms with Crippen LogP contribution in [0.25, 0.3) is 0 Å². The van der Waals surface area contributed by atoms with Crippen LogP contribution >= 0.6 is 15.9 Å². The van der Waals surface area contributed by atoms with Crippen molar-refractivity contribution in [2.75, 3.05) is 23.7 Å². The van der Waals surface area contributed by atoms with E-state index in [0.717, 1.165) is 26.2 Å². The average Bonchev–Trinajstić information content (AvgIpc) is 2.77. The summed E-state index contributed by atoms with van der Waals surface area (Å²) >= 11 is 3.44. The molecule has 0 heterocycles. The van der Waals surface area contributed by atoms with E-state index in [1.807, 2.05) is 50.2 Å². The Balaban J connectivity index is 2.38. The molecule has 0 aliphatic carbocycles. The van der Waals surface area contributed by atoms with Crippen LogP contribution in [0.4, 0.5) is 5.69 Å². The second-order valence-electron chi connectivity index (χ2n) is 10.5. The highest BCUT2D eigenvalue weighted by atomic mass is 79.9. The van der Waals surface area contributed by atoms with Gasteiger partial charge in [-0.25, -0.2) is 8.42 Å². The van der Waals surface area contributed by atoms with Crippen LogP contribution in [0.2, 0.25) is 0 Å². The average molecular weight is 581 g/mol. The molecule has 7 nitrogen and oxygen atoms in total. The van der Waals surface area contributed by atoms with Crippen LogP contribution in [0.1, 0.15) is 52.7 Å². The smallest absolute Gasteiger partial charge is 0.244 e. The molecule has 1 atom stereocenters. The zero-order valence-electron chi connectivity index (χ0n) is 22.2. The summed E-state index contributed by atoms with van der Waals surface area (Å²) < 4.78 is 27.4. The number of benzene rings is 2. The molecule has 2 aromatic rings. The van der Waals surface area contributed by atoms with E-state index in [0.29, 0.717) is 12.2 Å². The minimum Gasteiger partial charge on any atom is -0.354 e. The molecule has 0 fully saturated rings. The molecule has 198 valence electrons. The van der Waals surface area contributed by atoms with Crippen LogP contribution in [0.15, 0.2) is 53.0 Å². The quantitative estimate of drug-likeness (QED) is 0.442. The molecular weight excluding hydrogens is 542 g/mol. The number of rotatable bonds is 10. The van der Waals surface area contributed by atoms with E-state index < -0.39 is 28.5 Å². The third-order valence-corrected chi connectivity index (χ3v) is 7.43. The first kappa shape index (κ1) is 29.8. The second-order valence-corrected chi connectivity index (χ2v) is 13.4. The number of nitrogens with one attached hydrogen (secondary N) is 1. The highest BCUT2D eigenvalue weighted by molar-refractivity contribution is 9.10. The van der Waals surface area contributed by atoms with Gasteiger partial charge in [-0.05, 0) is 53.6 Å². The predicted octanol–water partition coefficient (Wildman–Crippen LogP) is 4.70. The maximum atomic E-state index is 13.6. The zero-order valence-corrected chi connectivity index (χ0v) is 24.6. The Hall–Kier alpha value is -2.39. The Morgan fingerprint density at radius 2 is 1.64 bits per heavy atom. The highest BCUT2D eigenvalue weighted by Gasteiger charge is 2.30. The fraction of sp³-hybridized carbons (Fsp3) is 0.481. The first-order valence-corrected chi connectivity index (χ1v) is 14.6. The van der Waals surface area contributed by atoms with Gasteiger partial charge >= 0.3 is 0 Å². The molecule has 9 heteroatoms. The summed E-state index contributed by atoms with van der Waals surface area (Å²) in [7, 11) is -3.76. The van der Waals surface area contributed by atoms with E-state index >= 15 is 0 Å². The third-order valence-electron chi connectivity index (χ3n) is 5.79. The van der Waals surface area contributed by atoms with E-state index in [4.69, 9.17) is 0 Å². The molecule has 2 aromatic carbocycles. The number of carbonyl (C=O) groups is 2. The van der Waals surface area contributed by atoms with Gasteiger partial charge in [0.15, 0.2) is 0 Å². The second kappa shape index (κ2) is 12.2. The van der Waals surface area contributed by atoms with Gasteiger partial charge in [-0.1, -0.05) is 74.8 Å². The number of amides is 2. The minimum atomic E-state index is -3.76. The Morgan fingerprint density at radius 1 is 1.03 bits per heavy atom. The molecule has 2 rings (SSSR count). The van der Waals surface area contributed by atoms with Crippen LogP contribution in [-0.4, -0.2) is 50.5 Å². The van der Waals surface area contributed by atoms with Crippen molar-refractivity contribution < 1.29 is 18.0 Å². The van der Waals surface area contributed by atoms with Gasteiger partial charge in [0.05, 0.1) is 11.9 Å². The van der Waals surface area contributed by atoms with Crippen LogP contribution in [-0.2, 0) is 31.6 Å². The lowest BCUT2D eigenvalue weighted by Gasteiger charge is -2.32. The molecule has 0 aliphatic heterocycles. The number of nitrogens with zero attached hydrogens (tertiary/aromatic N) is 2. The Bertz CT molecular complexity index is 1160. The normalized spacial score (nSPS) is 12.8. The first-order valence-electron chi connectivity index (χ1n) is 12.0. The number of halogens is 1. The predicted molar refractivity (Wildman–Crippen MR) is 149 cm³/mol. The van der Waals surface area contributed by atoms with Crippen molar-refractivity contribution >= 4 is 43.5 Å². The van der Waals surface area contributed by atoms with E-state index in [-0.39, 0.29) is 23.8 Å². The van der Waals surface area contributed by atoms with Crippen molar-refractivity contribution in [3.05, 3.63) is 64.1 Å². The maximum absolute atomic E-state index is 13.6. The minimum absolute atomic E-state index is 0.0934. The number of hydrogen-bond acceptors (Lipinski definition) is 4. The van der Waals surface area contributed by atoms with Crippen LogP contribution in [0, 0.1) is 5.92 Å². The van der Waals surface area contributed by atoms with Gasteiger partial charge in [-0.2, -0.15) is 0 Å². The summed E-state index contributed by atoms with van der Waals surface area (Å²) in [5.41, 5.74) is 2.18.